The molecule has 0 saturated heterocycles. The number of benzene rings is 1. The van der Waals surface area contributed by atoms with Gasteiger partial charge in [-0.25, -0.2) is 0 Å². The van der Waals surface area contributed by atoms with E-state index < -0.39 is 0 Å². The minimum absolute atomic E-state index is 0.609. The summed E-state index contributed by atoms with van der Waals surface area (Å²) in [5, 5.41) is 15.4. The minimum Gasteiger partial charge on any atom is -0.311 e. The average Bonchev–Trinajstić information content (AvgIpc) is 2.69. The Kier molecular flexibility index (Phi) is 6.60. The van der Waals surface area contributed by atoms with Crippen LogP contribution in [-0.4, -0.2) is 37.3 Å². The molecule has 144 valence electrons. The lowest BCUT2D eigenvalue weighted by atomic mass is 9.89. The van der Waals surface area contributed by atoms with Crippen molar-refractivity contribution in [3.63, 3.8) is 0 Å². The van der Waals surface area contributed by atoms with E-state index in [1.165, 1.54) is 62.5 Å². The fourth-order valence-electron chi connectivity index (χ4n) is 5.10. The highest BCUT2D eigenvalue weighted by Crippen LogP contribution is 2.21. The van der Waals surface area contributed by atoms with Gasteiger partial charge in [0.25, 0.3) is 0 Å². The van der Waals surface area contributed by atoms with Crippen molar-refractivity contribution in [2.24, 2.45) is 0 Å². The zero-order valence-corrected chi connectivity index (χ0v) is 16.1. The van der Waals surface area contributed by atoms with Crippen LogP contribution < -0.4 is 21.3 Å². The summed E-state index contributed by atoms with van der Waals surface area (Å²) >= 11 is 0. The standard InChI is InChI=1S/C22H36N4/c1-3-10-21-19(8-1)23-12-13-24-20-9-2-4-11-22(20)26-16-18-7-5-6-17(14-18)15-25-21/h5-7,14,19-26H,1-4,8-13,15-16H2/t19-,20-,21-,22-/m0/s1. The molecule has 0 radical (unpaired) electrons. The maximum Gasteiger partial charge on any atom is 0.0224 e. The number of nitrogens with one attached hydrogen (secondary N) is 4. The Bertz CT molecular complexity index is 516. The molecular formula is C22H36N4. The molecule has 4 rings (SSSR count). The normalized spacial score (nSPS) is 34.0. The second-order valence-corrected chi connectivity index (χ2v) is 8.48. The van der Waals surface area contributed by atoms with Crippen LogP contribution in [0, 0.1) is 0 Å². The van der Waals surface area contributed by atoms with Crippen LogP contribution in [0.5, 0.6) is 0 Å². The highest BCUT2D eigenvalue weighted by molar-refractivity contribution is 5.23. The molecule has 0 amide bonds. The predicted molar refractivity (Wildman–Crippen MR) is 108 cm³/mol. The molecule has 4 N–H and O–H groups in total. The van der Waals surface area contributed by atoms with Crippen molar-refractivity contribution in [2.45, 2.75) is 88.6 Å². The molecule has 4 nitrogen and oxygen atoms in total. The van der Waals surface area contributed by atoms with Gasteiger partial charge in [-0.05, 0) is 36.8 Å². The van der Waals surface area contributed by atoms with E-state index in [9.17, 15) is 0 Å². The summed E-state index contributed by atoms with van der Waals surface area (Å²) in [4.78, 5) is 0. The molecule has 4 atom stereocenters. The van der Waals surface area contributed by atoms with Crippen molar-refractivity contribution in [1.29, 1.82) is 0 Å². The molecule has 1 aromatic carbocycles. The first-order valence-electron chi connectivity index (χ1n) is 10.9. The van der Waals surface area contributed by atoms with E-state index in [0.717, 1.165) is 26.2 Å². The van der Waals surface area contributed by atoms with Gasteiger partial charge in [0.05, 0.1) is 0 Å². The molecular weight excluding hydrogens is 320 g/mol. The predicted octanol–water partition coefficient (Wildman–Crippen LogP) is 2.68. The fraction of sp³-hybridized carbons (Fsp3) is 0.727. The quantitative estimate of drug-likeness (QED) is 0.577. The van der Waals surface area contributed by atoms with E-state index >= 15 is 0 Å². The van der Waals surface area contributed by atoms with Gasteiger partial charge in [-0.3, -0.25) is 0 Å². The van der Waals surface area contributed by atoms with E-state index in [2.05, 4.69) is 45.5 Å². The molecule has 0 unspecified atom stereocenters. The maximum absolute atomic E-state index is 3.85. The molecule has 4 heteroatoms. The zero-order chi connectivity index (χ0) is 17.6. The molecule has 1 aromatic rings. The van der Waals surface area contributed by atoms with Crippen molar-refractivity contribution in [1.82, 2.24) is 21.3 Å². The Morgan fingerprint density at radius 3 is 1.46 bits per heavy atom. The summed E-state index contributed by atoms with van der Waals surface area (Å²) in [5.74, 6) is 0. The van der Waals surface area contributed by atoms with Crippen molar-refractivity contribution >= 4 is 0 Å². The SMILES string of the molecule is c1cc2cc(c1)CN[C@H]1CCCC[C@@H]1NCCN[C@H]1CCCC[C@@H]1NC2. The molecule has 3 aliphatic rings. The topological polar surface area (TPSA) is 48.1 Å². The highest BCUT2D eigenvalue weighted by Gasteiger charge is 2.26. The maximum atomic E-state index is 3.85. The summed E-state index contributed by atoms with van der Waals surface area (Å²) < 4.78 is 0. The van der Waals surface area contributed by atoms with Gasteiger partial charge in [-0.2, -0.15) is 0 Å². The smallest absolute Gasteiger partial charge is 0.0224 e. The Morgan fingerprint density at radius 1 is 0.577 bits per heavy atom. The second-order valence-electron chi connectivity index (χ2n) is 8.48. The van der Waals surface area contributed by atoms with Crippen LogP contribution in [0.25, 0.3) is 0 Å². The summed E-state index contributed by atoms with van der Waals surface area (Å²) in [6, 6.07) is 11.6. The lowest BCUT2D eigenvalue weighted by Gasteiger charge is -2.35. The Labute approximate surface area is 158 Å². The molecule has 26 heavy (non-hydrogen) atoms. The van der Waals surface area contributed by atoms with Crippen LogP contribution in [0.4, 0.5) is 0 Å². The molecule has 2 fully saturated rings. The summed E-state index contributed by atoms with van der Waals surface area (Å²) in [5.41, 5.74) is 2.84. The van der Waals surface area contributed by atoms with E-state index in [-0.39, 0.29) is 0 Å². The van der Waals surface area contributed by atoms with E-state index in [1.807, 2.05) is 0 Å². The van der Waals surface area contributed by atoms with Gasteiger partial charge in [-0.15, -0.1) is 0 Å². The van der Waals surface area contributed by atoms with Gasteiger partial charge >= 0.3 is 0 Å². The molecule has 2 bridgehead atoms. The van der Waals surface area contributed by atoms with Crippen molar-refractivity contribution in [3.05, 3.63) is 35.4 Å². The number of hydrogen-bond acceptors (Lipinski definition) is 4. The summed E-state index contributed by atoms with van der Waals surface area (Å²) in [6.45, 7) is 4.14. The number of rotatable bonds is 0. The third kappa shape index (κ3) is 4.86. The first-order chi connectivity index (χ1) is 12.9. The largest absolute Gasteiger partial charge is 0.311 e. The van der Waals surface area contributed by atoms with Crippen molar-refractivity contribution < 1.29 is 0 Å². The van der Waals surface area contributed by atoms with Crippen LogP contribution in [0.2, 0.25) is 0 Å². The lowest BCUT2D eigenvalue weighted by molar-refractivity contribution is 0.266. The molecule has 2 aliphatic carbocycles. The minimum atomic E-state index is 0.609. The first kappa shape index (κ1) is 18.4. The van der Waals surface area contributed by atoms with Crippen LogP contribution in [0.15, 0.2) is 24.3 Å². The van der Waals surface area contributed by atoms with Gasteiger partial charge < -0.3 is 21.3 Å². The third-order valence-corrected chi connectivity index (χ3v) is 6.60. The van der Waals surface area contributed by atoms with Crippen LogP contribution in [-0.2, 0) is 13.1 Å². The zero-order valence-electron chi connectivity index (χ0n) is 16.1. The van der Waals surface area contributed by atoms with Crippen LogP contribution in [0.1, 0.15) is 62.5 Å². The Morgan fingerprint density at radius 2 is 1.00 bits per heavy atom. The third-order valence-electron chi connectivity index (χ3n) is 6.60. The molecule has 1 aliphatic heterocycles. The van der Waals surface area contributed by atoms with Gasteiger partial charge in [0.15, 0.2) is 0 Å². The fourth-order valence-corrected chi connectivity index (χ4v) is 5.10. The Balaban J connectivity index is 1.47. The number of fused-ring (bicyclic) bond motifs is 4. The highest BCUT2D eigenvalue weighted by atomic mass is 15.1. The molecule has 0 aromatic heterocycles. The second kappa shape index (κ2) is 9.32. The van der Waals surface area contributed by atoms with Gasteiger partial charge in [0.1, 0.15) is 0 Å². The van der Waals surface area contributed by atoms with Crippen LogP contribution in [0.3, 0.4) is 0 Å². The summed E-state index contributed by atoms with van der Waals surface area (Å²) in [6.07, 6.45) is 10.7. The molecule has 1 heterocycles. The molecule has 0 spiro atoms. The van der Waals surface area contributed by atoms with Gasteiger partial charge in [0, 0.05) is 50.3 Å². The average molecular weight is 357 g/mol. The monoisotopic (exact) mass is 356 g/mol. The van der Waals surface area contributed by atoms with E-state index in [0.29, 0.717) is 24.2 Å². The van der Waals surface area contributed by atoms with Crippen molar-refractivity contribution in [3.8, 4) is 0 Å². The van der Waals surface area contributed by atoms with Gasteiger partial charge in [-0.1, -0.05) is 49.9 Å². The molecule has 2 saturated carbocycles. The van der Waals surface area contributed by atoms with E-state index in [1.54, 1.807) is 0 Å². The lowest BCUT2D eigenvalue weighted by Crippen LogP contribution is -2.53. The summed E-state index contributed by atoms with van der Waals surface area (Å²) in [7, 11) is 0. The Hall–Kier alpha value is -0.940. The van der Waals surface area contributed by atoms with E-state index in [4.69, 9.17) is 0 Å². The van der Waals surface area contributed by atoms with Crippen molar-refractivity contribution in [2.75, 3.05) is 13.1 Å². The number of hydrogen-bond donors (Lipinski definition) is 4. The van der Waals surface area contributed by atoms with Crippen LogP contribution >= 0.6 is 0 Å². The van der Waals surface area contributed by atoms with Gasteiger partial charge in [0.2, 0.25) is 0 Å². The first-order valence-corrected chi connectivity index (χ1v) is 10.9.